The zero-order valence-corrected chi connectivity index (χ0v) is 17.9. The van der Waals surface area contributed by atoms with Crippen molar-refractivity contribution in [1.82, 2.24) is 0 Å². The van der Waals surface area contributed by atoms with E-state index in [9.17, 15) is 23.6 Å². The molecular weight excluding hydrogens is 425 g/mol. The molecular formula is C19H21ClFNO6S. The van der Waals surface area contributed by atoms with Crippen LogP contribution in [0.15, 0.2) is 11.1 Å². The standard InChI is InChI=1S/C19H21ClFNO6S/c1-4-28-19(26)12-8-6-5-7-11(12)18(25)22(10(2)23)16-15(20)13(29-17(16)21)9-14(24)27-3/h4-9H2,1-3H3. The van der Waals surface area contributed by atoms with Gasteiger partial charge < -0.3 is 9.47 Å². The highest BCUT2D eigenvalue weighted by Crippen LogP contribution is 2.41. The summed E-state index contributed by atoms with van der Waals surface area (Å²) in [7, 11) is 1.18. The van der Waals surface area contributed by atoms with Gasteiger partial charge in [-0.05, 0) is 32.6 Å². The Kier molecular flexibility index (Phi) is 7.92. The van der Waals surface area contributed by atoms with Crippen LogP contribution in [0.4, 0.5) is 10.1 Å². The van der Waals surface area contributed by atoms with Crippen LogP contribution in [0, 0.1) is 5.13 Å². The van der Waals surface area contributed by atoms with E-state index in [-0.39, 0.29) is 40.5 Å². The average Bonchev–Trinajstić information content (AvgIpc) is 2.95. The van der Waals surface area contributed by atoms with Gasteiger partial charge in [0.05, 0.1) is 25.2 Å². The lowest BCUT2D eigenvalue weighted by molar-refractivity contribution is -0.140. The molecule has 0 N–H and O–H groups in total. The Hall–Kier alpha value is -2.26. The van der Waals surface area contributed by atoms with Crippen LogP contribution < -0.4 is 4.90 Å². The van der Waals surface area contributed by atoms with Gasteiger partial charge in [-0.3, -0.25) is 14.4 Å². The smallest absolute Gasteiger partial charge is 0.334 e. The molecule has 10 heteroatoms. The van der Waals surface area contributed by atoms with E-state index in [0.717, 1.165) is 6.92 Å². The van der Waals surface area contributed by atoms with E-state index < -0.39 is 34.6 Å². The quantitative estimate of drug-likeness (QED) is 0.622. The molecule has 1 aromatic heterocycles. The molecule has 0 atom stereocenters. The maximum absolute atomic E-state index is 14.7. The van der Waals surface area contributed by atoms with Gasteiger partial charge in [0, 0.05) is 22.9 Å². The zero-order chi connectivity index (χ0) is 21.7. The Labute approximate surface area is 176 Å². The van der Waals surface area contributed by atoms with Gasteiger partial charge in [0.25, 0.3) is 5.91 Å². The van der Waals surface area contributed by atoms with Crippen molar-refractivity contribution in [2.75, 3.05) is 18.6 Å². The fraction of sp³-hybridized carbons (Fsp3) is 0.474. The van der Waals surface area contributed by atoms with Crippen molar-refractivity contribution < 1.29 is 33.0 Å². The lowest BCUT2D eigenvalue weighted by Gasteiger charge is -2.24. The highest BCUT2D eigenvalue weighted by molar-refractivity contribution is 7.11. The van der Waals surface area contributed by atoms with Crippen molar-refractivity contribution in [2.24, 2.45) is 0 Å². The molecule has 0 spiro atoms. The van der Waals surface area contributed by atoms with Crippen LogP contribution >= 0.6 is 22.9 Å². The molecule has 1 aromatic rings. The van der Waals surface area contributed by atoms with E-state index in [2.05, 4.69) is 4.74 Å². The molecule has 7 nitrogen and oxygen atoms in total. The van der Waals surface area contributed by atoms with E-state index in [1.807, 2.05) is 0 Å². The molecule has 1 heterocycles. The van der Waals surface area contributed by atoms with Crippen LogP contribution in [0.1, 0.15) is 44.4 Å². The van der Waals surface area contributed by atoms with Gasteiger partial charge >= 0.3 is 11.9 Å². The van der Waals surface area contributed by atoms with Crippen LogP contribution in [0.3, 0.4) is 0 Å². The molecule has 0 aliphatic heterocycles. The number of carbonyl (C=O) groups excluding carboxylic acids is 4. The molecule has 0 unspecified atom stereocenters. The maximum atomic E-state index is 14.7. The van der Waals surface area contributed by atoms with E-state index in [4.69, 9.17) is 16.3 Å². The predicted octanol–water partition coefficient (Wildman–Crippen LogP) is 3.57. The van der Waals surface area contributed by atoms with Gasteiger partial charge in [-0.25, -0.2) is 9.69 Å². The zero-order valence-electron chi connectivity index (χ0n) is 16.3. The predicted molar refractivity (Wildman–Crippen MR) is 105 cm³/mol. The fourth-order valence-electron chi connectivity index (χ4n) is 3.04. The van der Waals surface area contributed by atoms with Gasteiger partial charge in [-0.15, -0.1) is 11.3 Å². The van der Waals surface area contributed by atoms with Crippen molar-refractivity contribution in [1.29, 1.82) is 0 Å². The van der Waals surface area contributed by atoms with Crippen LogP contribution in [0.5, 0.6) is 0 Å². The highest BCUT2D eigenvalue weighted by Gasteiger charge is 2.35. The third-order valence-corrected chi connectivity index (χ3v) is 5.86. The molecule has 0 saturated carbocycles. The van der Waals surface area contributed by atoms with E-state index in [1.165, 1.54) is 7.11 Å². The Morgan fingerprint density at radius 1 is 1.17 bits per heavy atom. The second kappa shape index (κ2) is 9.98. The summed E-state index contributed by atoms with van der Waals surface area (Å²) in [6.07, 6.45) is 1.63. The number of hydrogen-bond donors (Lipinski definition) is 0. The molecule has 2 amide bonds. The summed E-state index contributed by atoms with van der Waals surface area (Å²) in [6, 6.07) is 0. The SMILES string of the molecule is CCOC(=O)C1=C(C(=O)N(C(C)=O)c2c(F)sc(CC(=O)OC)c2Cl)CCCC1. The first-order chi connectivity index (χ1) is 13.7. The summed E-state index contributed by atoms with van der Waals surface area (Å²) in [4.78, 5) is 50.0. The number of rotatable bonds is 6. The van der Waals surface area contributed by atoms with E-state index in [1.54, 1.807) is 6.92 Å². The summed E-state index contributed by atoms with van der Waals surface area (Å²) in [5, 5.41) is -1.10. The van der Waals surface area contributed by atoms with Gasteiger partial charge in [0.15, 0.2) is 0 Å². The number of nitrogens with zero attached hydrogens (tertiary/aromatic N) is 1. The second-order valence-corrected chi connectivity index (χ2v) is 7.69. The van der Waals surface area contributed by atoms with Crippen molar-refractivity contribution in [3.63, 3.8) is 0 Å². The van der Waals surface area contributed by atoms with Crippen molar-refractivity contribution in [2.45, 2.75) is 46.0 Å². The number of imide groups is 1. The van der Waals surface area contributed by atoms with Crippen molar-refractivity contribution in [3.05, 3.63) is 26.2 Å². The molecule has 29 heavy (non-hydrogen) atoms. The fourth-order valence-corrected chi connectivity index (χ4v) is 4.33. The molecule has 1 aliphatic rings. The van der Waals surface area contributed by atoms with Gasteiger partial charge in [-0.1, -0.05) is 11.6 Å². The van der Waals surface area contributed by atoms with Crippen LogP contribution in [0.2, 0.25) is 5.02 Å². The van der Waals surface area contributed by atoms with E-state index >= 15 is 0 Å². The second-order valence-electron chi connectivity index (χ2n) is 6.26. The monoisotopic (exact) mass is 445 g/mol. The highest BCUT2D eigenvalue weighted by atomic mass is 35.5. The first-order valence-electron chi connectivity index (χ1n) is 9.00. The topological polar surface area (TPSA) is 90.0 Å². The third kappa shape index (κ3) is 5.02. The summed E-state index contributed by atoms with van der Waals surface area (Å²) in [5.74, 6) is -2.84. The number of hydrogen-bond acceptors (Lipinski definition) is 7. The Morgan fingerprint density at radius 2 is 1.79 bits per heavy atom. The average molecular weight is 446 g/mol. The number of carbonyl (C=O) groups is 4. The molecule has 0 bridgehead atoms. The largest absolute Gasteiger partial charge is 0.469 e. The first kappa shape index (κ1) is 23.0. The number of halogens is 2. The normalized spacial score (nSPS) is 13.8. The van der Waals surface area contributed by atoms with Gasteiger partial charge in [0.1, 0.15) is 5.69 Å². The first-order valence-corrected chi connectivity index (χ1v) is 10.2. The number of esters is 2. The van der Waals surface area contributed by atoms with Gasteiger partial charge in [-0.2, -0.15) is 4.39 Å². The van der Waals surface area contributed by atoms with Crippen LogP contribution in [-0.4, -0.2) is 37.5 Å². The number of methoxy groups -OCH3 is 1. The molecule has 0 saturated heterocycles. The molecule has 0 radical (unpaired) electrons. The molecule has 0 aromatic carbocycles. The van der Waals surface area contributed by atoms with Crippen LogP contribution in [0.25, 0.3) is 0 Å². The minimum Gasteiger partial charge on any atom is -0.469 e. The minimum atomic E-state index is -0.883. The Balaban J connectivity index is 2.51. The number of thiophene rings is 1. The Bertz CT molecular complexity index is 878. The number of ether oxygens (including phenoxy) is 2. The summed E-state index contributed by atoms with van der Waals surface area (Å²) in [6.45, 7) is 2.88. The summed E-state index contributed by atoms with van der Waals surface area (Å²) < 4.78 is 24.2. The number of anilines is 1. The lowest BCUT2D eigenvalue weighted by atomic mass is 9.90. The van der Waals surface area contributed by atoms with Gasteiger partial charge in [0.2, 0.25) is 11.0 Å². The molecule has 1 aliphatic carbocycles. The summed E-state index contributed by atoms with van der Waals surface area (Å²) >= 11 is 6.77. The molecule has 2 rings (SSSR count). The molecule has 0 fully saturated rings. The molecule has 158 valence electrons. The minimum absolute atomic E-state index is 0.112. The Morgan fingerprint density at radius 3 is 2.34 bits per heavy atom. The lowest BCUT2D eigenvalue weighted by Crippen LogP contribution is -2.38. The summed E-state index contributed by atoms with van der Waals surface area (Å²) in [5.41, 5.74) is -0.119. The number of amides is 2. The maximum Gasteiger partial charge on any atom is 0.334 e. The van der Waals surface area contributed by atoms with E-state index in [0.29, 0.717) is 35.5 Å². The third-order valence-electron chi connectivity index (χ3n) is 4.37. The van der Waals surface area contributed by atoms with Crippen LogP contribution in [-0.2, 0) is 35.1 Å². The van der Waals surface area contributed by atoms with Crippen molar-refractivity contribution >= 4 is 52.4 Å². The van der Waals surface area contributed by atoms with Crippen molar-refractivity contribution in [3.8, 4) is 0 Å².